The Kier molecular flexibility index (Phi) is 4.99. The molecule has 0 aromatic carbocycles. The van der Waals surface area contributed by atoms with Crippen LogP contribution >= 0.6 is 34.8 Å². The van der Waals surface area contributed by atoms with Crippen LogP contribution in [-0.2, 0) is 6.54 Å². The summed E-state index contributed by atoms with van der Waals surface area (Å²) in [5, 5.41) is 5.43. The van der Waals surface area contributed by atoms with E-state index in [1.54, 1.807) is 18.2 Å². The summed E-state index contributed by atoms with van der Waals surface area (Å²) in [6.07, 6.45) is 2.01. The molecule has 0 aliphatic rings. The number of amides is 1. The Morgan fingerprint density at radius 2 is 1.90 bits per heavy atom. The van der Waals surface area contributed by atoms with E-state index in [2.05, 4.69) is 10.6 Å². The molecular formula is C12H11Cl3N2O3. The third-order valence-electron chi connectivity index (χ3n) is 2.41. The topological polar surface area (TPSA) is 67.4 Å². The highest BCUT2D eigenvalue weighted by molar-refractivity contribution is 6.68. The van der Waals surface area contributed by atoms with Crippen LogP contribution in [0.1, 0.15) is 16.3 Å². The van der Waals surface area contributed by atoms with E-state index in [0.29, 0.717) is 12.3 Å². The molecule has 108 valence electrons. The third-order valence-corrected chi connectivity index (χ3v) is 3.06. The van der Waals surface area contributed by atoms with Gasteiger partial charge in [0.25, 0.3) is 5.91 Å². The van der Waals surface area contributed by atoms with Gasteiger partial charge in [-0.1, -0.05) is 34.8 Å². The van der Waals surface area contributed by atoms with Crippen LogP contribution in [-0.4, -0.2) is 15.9 Å². The van der Waals surface area contributed by atoms with Crippen molar-refractivity contribution in [2.24, 2.45) is 0 Å². The highest BCUT2D eigenvalue weighted by atomic mass is 35.6. The van der Waals surface area contributed by atoms with E-state index >= 15 is 0 Å². The van der Waals surface area contributed by atoms with Gasteiger partial charge in [-0.2, -0.15) is 0 Å². The summed E-state index contributed by atoms with van der Waals surface area (Å²) in [7, 11) is 0. The maximum Gasteiger partial charge on any atom is 0.288 e. The fourth-order valence-corrected chi connectivity index (χ4v) is 1.87. The number of hydrogen-bond acceptors (Lipinski definition) is 4. The van der Waals surface area contributed by atoms with Crippen LogP contribution in [0.2, 0.25) is 0 Å². The van der Waals surface area contributed by atoms with Gasteiger partial charge in [0, 0.05) is 0 Å². The first-order valence-electron chi connectivity index (χ1n) is 5.63. The second kappa shape index (κ2) is 6.54. The minimum absolute atomic E-state index is 0.129. The average molecular weight is 338 g/mol. The molecule has 2 rings (SSSR count). The van der Waals surface area contributed by atoms with Gasteiger partial charge < -0.3 is 14.2 Å². The summed E-state index contributed by atoms with van der Waals surface area (Å²) in [6, 6.07) is 6.60. The average Bonchev–Trinajstić information content (AvgIpc) is 3.04. The van der Waals surface area contributed by atoms with Crippen molar-refractivity contribution in [2.45, 2.75) is 16.5 Å². The zero-order chi connectivity index (χ0) is 14.6. The number of rotatable bonds is 5. The monoisotopic (exact) mass is 336 g/mol. The predicted octanol–water partition coefficient (Wildman–Crippen LogP) is 3.09. The van der Waals surface area contributed by atoms with E-state index in [9.17, 15) is 4.79 Å². The first kappa shape index (κ1) is 15.3. The van der Waals surface area contributed by atoms with Crippen LogP contribution in [0, 0.1) is 0 Å². The first-order valence-corrected chi connectivity index (χ1v) is 6.77. The Balaban J connectivity index is 1.99. The zero-order valence-corrected chi connectivity index (χ0v) is 12.4. The maximum absolute atomic E-state index is 11.9. The Hall–Kier alpha value is -1.14. The lowest BCUT2D eigenvalue weighted by molar-refractivity contribution is 0.0900. The summed E-state index contributed by atoms with van der Waals surface area (Å²) < 4.78 is 8.40. The van der Waals surface area contributed by atoms with Crippen LogP contribution in [0.25, 0.3) is 0 Å². The van der Waals surface area contributed by atoms with Crippen LogP contribution in [0.4, 0.5) is 0 Å². The lowest BCUT2D eigenvalue weighted by Gasteiger charge is -2.25. The molecule has 2 N–H and O–H groups in total. The maximum atomic E-state index is 11.9. The number of halogens is 3. The number of alkyl halides is 3. The quantitative estimate of drug-likeness (QED) is 0.650. The molecule has 8 heteroatoms. The van der Waals surface area contributed by atoms with Crippen molar-refractivity contribution in [1.82, 2.24) is 10.6 Å². The third kappa shape index (κ3) is 4.18. The molecular weight excluding hydrogens is 327 g/mol. The fourth-order valence-electron chi connectivity index (χ4n) is 1.47. The van der Waals surface area contributed by atoms with Crippen molar-refractivity contribution in [2.75, 3.05) is 0 Å². The van der Waals surface area contributed by atoms with Gasteiger partial charge >= 0.3 is 0 Å². The Morgan fingerprint density at radius 1 is 1.20 bits per heavy atom. The van der Waals surface area contributed by atoms with E-state index in [-0.39, 0.29) is 5.76 Å². The molecule has 0 fully saturated rings. The minimum Gasteiger partial charge on any atom is -0.468 e. The molecule has 0 aliphatic carbocycles. The molecule has 0 saturated carbocycles. The van der Waals surface area contributed by atoms with Crippen LogP contribution in [0.3, 0.4) is 0 Å². The number of carbonyl (C=O) groups is 1. The van der Waals surface area contributed by atoms with Gasteiger partial charge in [-0.05, 0) is 24.3 Å². The van der Waals surface area contributed by atoms with Crippen molar-refractivity contribution in [3.63, 3.8) is 0 Å². The largest absolute Gasteiger partial charge is 0.468 e. The van der Waals surface area contributed by atoms with E-state index < -0.39 is 15.9 Å². The van der Waals surface area contributed by atoms with Gasteiger partial charge in [-0.15, -0.1) is 0 Å². The van der Waals surface area contributed by atoms with Crippen LogP contribution in [0.15, 0.2) is 45.6 Å². The van der Waals surface area contributed by atoms with Crippen molar-refractivity contribution in [3.05, 3.63) is 48.3 Å². The van der Waals surface area contributed by atoms with Gasteiger partial charge in [0.15, 0.2) is 5.76 Å². The highest BCUT2D eigenvalue weighted by Crippen LogP contribution is 2.29. The van der Waals surface area contributed by atoms with Crippen molar-refractivity contribution in [1.29, 1.82) is 0 Å². The molecule has 5 nitrogen and oxygen atoms in total. The smallest absolute Gasteiger partial charge is 0.288 e. The molecule has 20 heavy (non-hydrogen) atoms. The Labute approximate surface area is 130 Å². The predicted molar refractivity (Wildman–Crippen MR) is 75.8 cm³/mol. The van der Waals surface area contributed by atoms with Crippen LogP contribution in [0.5, 0.6) is 0 Å². The molecule has 0 bridgehead atoms. The van der Waals surface area contributed by atoms with Crippen LogP contribution < -0.4 is 10.6 Å². The highest BCUT2D eigenvalue weighted by Gasteiger charge is 2.34. The van der Waals surface area contributed by atoms with E-state index in [1.807, 2.05) is 0 Å². The molecule has 2 aromatic heterocycles. The van der Waals surface area contributed by atoms with E-state index in [1.165, 1.54) is 18.6 Å². The first-order chi connectivity index (χ1) is 9.47. The molecule has 1 atom stereocenters. The molecule has 0 saturated heterocycles. The van der Waals surface area contributed by atoms with Crippen molar-refractivity contribution in [3.8, 4) is 0 Å². The molecule has 1 amide bonds. The van der Waals surface area contributed by atoms with E-state index in [0.717, 1.165) is 0 Å². The zero-order valence-electron chi connectivity index (χ0n) is 10.1. The van der Waals surface area contributed by atoms with Crippen molar-refractivity contribution >= 4 is 40.7 Å². The van der Waals surface area contributed by atoms with Gasteiger partial charge in [0.05, 0.1) is 19.1 Å². The Morgan fingerprint density at radius 3 is 2.45 bits per heavy atom. The molecule has 0 radical (unpaired) electrons. The standard InChI is InChI=1S/C12H11Cl3N2O3/c13-12(14,15)11(16-7-8-3-1-5-19-8)17-10(18)9-4-2-6-20-9/h1-6,11,16H,7H2,(H,17,18)/t11-/m0/s1. The summed E-state index contributed by atoms with van der Waals surface area (Å²) in [6.45, 7) is 0.296. The van der Waals surface area contributed by atoms with Gasteiger partial charge in [0.2, 0.25) is 3.79 Å². The summed E-state index contributed by atoms with van der Waals surface area (Å²) in [4.78, 5) is 11.9. The molecule has 0 spiro atoms. The SMILES string of the molecule is O=C(N[C@H](NCc1ccco1)C(Cl)(Cl)Cl)c1ccco1. The summed E-state index contributed by atoms with van der Waals surface area (Å²) >= 11 is 17.5. The molecule has 0 unspecified atom stereocenters. The second-order valence-corrected chi connectivity index (χ2v) is 6.25. The number of furan rings is 2. The Bertz CT molecular complexity index is 535. The number of hydrogen-bond donors (Lipinski definition) is 2. The number of carbonyl (C=O) groups excluding carboxylic acids is 1. The fraction of sp³-hybridized carbons (Fsp3) is 0.250. The summed E-state index contributed by atoms with van der Waals surface area (Å²) in [5.74, 6) is 0.291. The minimum atomic E-state index is -1.73. The lowest BCUT2D eigenvalue weighted by atomic mass is 10.4. The van der Waals surface area contributed by atoms with Gasteiger partial charge in [-0.25, -0.2) is 0 Å². The molecule has 0 aliphatic heterocycles. The van der Waals surface area contributed by atoms with Gasteiger partial charge in [-0.3, -0.25) is 10.1 Å². The van der Waals surface area contributed by atoms with Gasteiger partial charge in [0.1, 0.15) is 11.9 Å². The summed E-state index contributed by atoms with van der Waals surface area (Å²) in [5.41, 5.74) is 0. The normalized spacial score (nSPS) is 13.2. The lowest BCUT2D eigenvalue weighted by Crippen LogP contribution is -2.53. The van der Waals surface area contributed by atoms with E-state index in [4.69, 9.17) is 43.6 Å². The molecule has 2 heterocycles. The second-order valence-electron chi connectivity index (χ2n) is 3.89. The molecule has 2 aromatic rings. The number of nitrogens with one attached hydrogen (secondary N) is 2. The van der Waals surface area contributed by atoms with Crippen molar-refractivity contribution < 1.29 is 13.6 Å².